The van der Waals surface area contributed by atoms with Gasteiger partial charge in [0.25, 0.3) is 5.91 Å². The van der Waals surface area contributed by atoms with Crippen LogP contribution in [0.4, 0.5) is 10.5 Å². The smallest absolute Gasteiger partial charge is 0.319 e. The largest absolute Gasteiger partial charge is 0.497 e. The van der Waals surface area contributed by atoms with Crippen molar-refractivity contribution in [1.82, 2.24) is 25.2 Å². The number of anilines is 1. The van der Waals surface area contributed by atoms with Crippen LogP contribution in [-0.2, 0) is 6.54 Å². The van der Waals surface area contributed by atoms with Crippen LogP contribution in [-0.4, -0.2) is 59.6 Å². The number of nitrogens with zero attached hydrogens (tertiary/aromatic N) is 4. The third kappa shape index (κ3) is 4.37. The van der Waals surface area contributed by atoms with Crippen LogP contribution < -0.4 is 15.4 Å². The summed E-state index contributed by atoms with van der Waals surface area (Å²) < 4.78 is 6.77. The highest BCUT2D eigenvalue weighted by molar-refractivity contribution is 5.97. The van der Waals surface area contributed by atoms with Gasteiger partial charge in [-0.3, -0.25) is 4.79 Å². The van der Waals surface area contributed by atoms with Crippen molar-refractivity contribution >= 4 is 28.7 Å². The number of fused-ring (bicyclic) bond motifs is 1. The van der Waals surface area contributed by atoms with E-state index in [0.29, 0.717) is 29.9 Å². The topological polar surface area (TPSA) is 101 Å². The summed E-state index contributed by atoms with van der Waals surface area (Å²) in [5.41, 5.74) is 2.66. The number of amides is 3. The van der Waals surface area contributed by atoms with Crippen molar-refractivity contribution in [1.29, 1.82) is 0 Å². The van der Waals surface area contributed by atoms with Crippen molar-refractivity contribution in [2.75, 3.05) is 33.1 Å². The first-order valence-corrected chi connectivity index (χ1v) is 8.72. The summed E-state index contributed by atoms with van der Waals surface area (Å²) in [4.78, 5) is 25.5. The molecule has 0 aliphatic rings. The van der Waals surface area contributed by atoms with Crippen LogP contribution in [0.15, 0.2) is 42.5 Å². The summed E-state index contributed by atoms with van der Waals surface area (Å²) >= 11 is 0. The van der Waals surface area contributed by atoms with Crippen molar-refractivity contribution in [3.63, 3.8) is 0 Å². The van der Waals surface area contributed by atoms with Gasteiger partial charge in [0.1, 0.15) is 11.3 Å². The average molecular weight is 382 g/mol. The number of rotatable bonds is 6. The highest BCUT2D eigenvalue weighted by Crippen LogP contribution is 2.15. The Hall–Kier alpha value is -3.62. The lowest BCUT2D eigenvalue weighted by molar-refractivity contribution is 0.0827. The molecule has 2 N–H and O–H groups in total. The summed E-state index contributed by atoms with van der Waals surface area (Å²) in [5, 5.41) is 13.7. The number of carbonyl (C=O) groups excluding carboxylic acids is 2. The number of benzene rings is 2. The zero-order valence-electron chi connectivity index (χ0n) is 16.0. The molecule has 9 heteroatoms. The van der Waals surface area contributed by atoms with Crippen molar-refractivity contribution < 1.29 is 14.3 Å². The molecule has 3 aromatic rings. The lowest BCUT2D eigenvalue weighted by Crippen LogP contribution is -2.31. The molecule has 0 saturated carbocycles. The second kappa shape index (κ2) is 8.38. The number of nitrogens with one attached hydrogen (secondary N) is 2. The Morgan fingerprint density at radius 1 is 1.14 bits per heavy atom. The Kier molecular flexibility index (Phi) is 5.73. The second-order valence-corrected chi connectivity index (χ2v) is 6.33. The van der Waals surface area contributed by atoms with Gasteiger partial charge in [0, 0.05) is 31.9 Å². The fourth-order valence-electron chi connectivity index (χ4n) is 2.65. The van der Waals surface area contributed by atoms with Gasteiger partial charge in [-0.25, -0.2) is 9.48 Å². The van der Waals surface area contributed by atoms with E-state index in [9.17, 15) is 9.59 Å². The highest BCUT2D eigenvalue weighted by atomic mass is 16.5. The summed E-state index contributed by atoms with van der Waals surface area (Å²) in [6.07, 6.45) is 0. The molecule has 0 aliphatic carbocycles. The number of hydrogen-bond donors (Lipinski definition) is 2. The Morgan fingerprint density at radius 2 is 1.89 bits per heavy atom. The molecule has 0 spiro atoms. The van der Waals surface area contributed by atoms with Gasteiger partial charge < -0.3 is 20.3 Å². The van der Waals surface area contributed by atoms with E-state index >= 15 is 0 Å². The quantitative estimate of drug-likeness (QED) is 0.679. The lowest BCUT2D eigenvalue weighted by Gasteiger charge is -2.10. The molecule has 0 fully saturated rings. The standard InChI is InChI=1S/C19H22N6O3/c1-24(2)18(26)13-4-9-17-16(12-13)22-23-25(17)11-10-20-19(27)21-14-5-7-15(28-3)8-6-14/h4-9,12H,10-11H2,1-3H3,(H2,20,21,27). The van der Waals surface area contributed by atoms with Crippen molar-refractivity contribution in [3.8, 4) is 5.75 Å². The number of hydrogen-bond acceptors (Lipinski definition) is 5. The molecular weight excluding hydrogens is 360 g/mol. The minimum absolute atomic E-state index is 0.0895. The maximum absolute atomic E-state index is 12.0. The molecule has 0 bridgehead atoms. The van der Waals surface area contributed by atoms with Gasteiger partial charge in [0.05, 0.1) is 19.2 Å². The predicted octanol–water partition coefficient (Wildman–Crippen LogP) is 1.96. The number of methoxy groups -OCH3 is 1. The van der Waals surface area contributed by atoms with E-state index in [1.54, 1.807) is 62.3 Å². The van der Waals surface area contributed by atoms with Crippen LogP contribution in [0.5, 0.6) is 5.75 Å². The third-order valence-corrected chi connectivity index (χ3v) is 4.12. The molecule has 3 rings (SSSR count). The normalized spacial score (nSPS) is 10.5. The Balaban J connectivity index is 1.56. The van der Waals surface area contributed by atoms with Gasteiger partial charge in [-0.05, 0) is 42.5 Å². The van der Waals surface area contributed by atoms with Gasteiger partial charge in [0.15, 0.2) is 0 Å². The zero-order chi connectivity index (χ0) is 20.1. The van der Waals surface area contributed by atoms with Gasteiger partial charge in [0.2, 0.25) is 0 Å². The summed E-state index contributed by atoms with van der Waals surface area (Å²) in [5.74, 6) is 0.632. The first kappa shape index (κ1) is 19.2. The minimum atomic E-state index is -0.312. The Bertz CT molecular complexity index is 981. The number of carbonyl (C=O) groups is 2. The van der Waals surface area contributed by atoms with Crippen LogP contribution in [0.3, 0.4) is 0 Å². The molecule has 2 aromatic carbocycles. The second-order valence-electron chi connectivity index (χ2n) is 6.33. The molecule has 1 aromatic heterocycles. The maximum atomic E-state index is 12.0. The van der Waals surface area contributed by atoms with E-state index in [1.807, 2.05) is 6.07 Å². The van der Waals surface area contributed by atoms with Crippen molar-refractivity contribution in [2.24, 2.45) is 0 Å². The van der Waals surface area contributed by atoms with E-state index in [2.05, 4.69) is 20.9 Å². The number of aromatic nitrogens is 3. The monoisotopic (exact) mass is 382 g/mol. The van der Waals surface area contributed by atoms with Gasteiger partial charge in [-0.2, -0.15) is 0 Å². The Morgan fingerprint density at radius 3 is 2.57 bits per heavy atom. The highest BCUT2D eigenvalue weighted by Gasteiger charge is 2.12. The first-order valence-electron chi connectivity index (χ1n) is 8.72. The van der Waals surface area contributed by atoms with E-state index < -0.39 is 0 Å². The predicted molar refractivity (Wildman–Crippen MR) is 106 cm³/mol. The van der Waals surface area contributed by atoms with E-state index in [-0.39, 0.29) is 11.9 Å². The molecule has 1 heterocycles. The van der Waals surface area contributed by atoms with Crippen LogP contribution in [0.25, 0.3) is 11.0 Å². The maximum Gasteiger partial charge on any atom is 0.319 e. The molecule has 146 valence electrons. The Labute approximate surface area is 162 Å². The van der Waals surface area contributed by atoms with Crippen LogP contribution in [0.2, 0.25) is 0 Å². The zero-order valence-corrected chi connectivity index (χ0v) is 16.0. The van der Waals surface area contributed by atoms with Gasteiger partial charge >= 0.3 is 6.03 Å². The average Bonchev–Trinajstić information content (AvgIpc) is 3.10. The molecule has 3 amide bonds. The summed E-state index contributed by atoms with van der Waals surface area (Å²) in [7, 11) is 4.99. The molecule has 28 heavy (non-hydrogen) atoms. The lowest BCUT2D eigenvalue weighted by atomic mass is 10.2. The SMILES string of the molecule is COc1ccc(NC(=O)NCCn2nnc3cc(C(=O)N(C)C)ccc32)cc1. The summed E-state index contributed by atoms with van der Waals surface area (Å²) in [6, 6.07) is 12.0. The fourth-order valence-corrected chi connectivity index (χ4v) is 2.65. The molecule has 0 atom stereocenters. The van der Waals surface area contributed by atoms with E-state index in [4.69, 9.17) is 4.74 Å². The molecule has 0 unspecified atom stereocenters. The molecule has 0 saturated heterocycles. The van der Waals surface area contributed by atoms with E-state index in [0.717, 1.165) is 11.3 Å². The van der Waals surface area contributed by atoms with Crippen LogP contribution in [0, 0.1) is 0 Å². The van der Waals surface area contributed by atoms with Crippen LogP contribution >= 0.6 is 0 Å². The third-order valence-electron chi connectivity index (χ3n) is 4.12. The molecule has 0 aliphatic heterocycles. The molecular formula is C19H22N6O3. The van der Waals surface area contributed by atoms with Crippen LogP contribution in [0.1, 0.15) is 10.4 Å². The van der Waals surface area contributed by atoms with Gasteiger partial charge in [-0.1, -0.05) is 5.21 Å². The first-order chi connectivity index (χ1) is 13.5. The van der Waals surface area contributed by atoms with E-state index in [1.165, 1.54) is 4.90 Å². The minimum Gasteiger partial charge on any atom is -0.497 e. The number of urea groups is 1. The summed E-state index contributed by atoms with van der Waals surface area (Å²) in [6.45, 7) is 0.826. The fraction of sp³-hybridized carbons (Fsp3) is 0.263. The van der Waals surface area contributed by atoms with Crippen molar-refractivity contribution in [3.05, 3.63) is 48.0 Å². The van der Waals surface area contributed by atoms with Gasteiger partial charge in [-0.15, -0.1) is 5.10 Å². The number of ether oxygens (including phenoxy) is 1. The molecule has 0 radical (unpaired) electrons. The van der Waals surface area contributed by atoms with Crippen molar-refractivity contribution in [2.45, 2.75) is 6.54 Å². The molecule has 9 nitrogen and oxygen atoms in total.